The Morgan fingerprint density at radius 2 is 1.88 bits per heavy atom. The van der Waals surface area contributed by atoms with E-state index in [2.05, 4.69) is 37.8 Å². The van der Waals surface area contributed by atoms with Gasteiger partial charge in [0, 0.05) is 4.90 Å². The molecule has 2 rings (SSSR count). The predicted octanol–water partition coefficient (Wildman–Crippen LogP) is 3.86. The monoisotopic (exact) mass is 230 g/mol. The molecule has 0 aliphatic rings. The van der Waals surface area contributed by atoms with Gasteiger partial charge in [0.15, 0.2) is 0 Å². The first-order valence-corrected chi connectivity index (χ1v) is 5.67. The summed E-state index contributed by atoms with van der Waals surface area (Å²) in [7, 11) is 0. The van der Waals surface area contributed by atoms with Crippen LogP contribution in [0.5, 0.6) is 5.75 Å². The Labute approximate surface area is 101 Å². The highest BCUT2D eigenvalue weighted by molar-refractivity contribution is 7.80. The Hall–Kier alpha value is -1.41. The maximum atomic E-state index is 5.70. The van der Waals surface area contributed by atoms with Crippen LogP contribution in [-0.4, -0.2) is 0 Å². The third kappa shape index (κ3) is 2.80. The van der Waals surface area contributed by atoms with Crippen LogP contribution < -0.4 is 4.74 Å². The van der Waals surface area contributed by atoms with Crippen molar-refractivity contribution >= 4 is 12.6 Å². The van der Waals surface area contributed by atoms with Gasteiger partial charge in [0.1, 0.15) is 12.4 Å². The second kappa shape index (κ2) is 5.08. The Bertz CT molecular complexity index is 480. The smallest absolute Gasteiger partial charge is 0.133 e. The largest absolute Gasteiger partial charge is 0.488 e. The van der Waals surface area contributed by atoms with Crippen LogP contribution in [0.4, 0.5) is 0 Å². The number of hydrogen-bond acceptors (Lipinski definition) is 2. The van der Waals surface area contributed by atoms with E-state index in [1.165, 1.54) is 11.1 Å². The van der Waals surface area contributed by atoms with Crippen molar-refractivity contribution in [3.8, 4) is 5.75 Å². The minimum absolute atomic E-state index is 0.583. The topological polar surface area (TPSA) is 9.23 Å². The lowest BCUT2D eigenvalue weighted by Gasteiger charge is -2.08. The molecule has 16 heavy (non-hydrogen) atoms. The van der Waals surface area contributed by atoms with Crippen LogP contribution in [0.1, 0.15) is 11.1 Å². The number of thiol groups is 1. The first kappa shape index (κ1) is 11.1. The molecule has 2 aromatic carbocycles. The minimum Gasteiger partial charge on any atom is -0.488 e. The first-order chi connectivity index (χ1) is 7.75. The Balaban J connectivity index is 2.05. The molecule has 0 saturated heterocycles. The van der Waals surface area contributed by atoms with Crippen LogP contribution in [0, 0.1) is 6.92 Å². The van der Waals surface area contributed by atoms with Crippen molar-refractivity contribution in [2.24, 2.45) is 0 Å². The zero-order valence-corrected chi connectivity index (χ0v) is 10.1. The third-order valence-electron chi connectivity index (χ3n) is 2.34. The Kier molecular flexibility index (Phi) is 3.52. The maximum Gasteiger partial charge on any atom is 0.133 e. The molecule has 0 saturated carbocycles. The van der Waals surface area contributed by atoms with Gasteiger partial charge < -0.3 is 4.74 Å². The zero-order valence-electron chi connectivity index (χ0n) is 9.18. The molecule has 82 valence electrons. The molecular weight excluding hydrogens is 216 g/mol. The van der Waals surface area contributed by atoms with E-state index in [0.29, 0.717) is 6.61 Å². The number of ether oxygens (including phenoxy) is 1. The highest BCUT2D eigenvalue weighted by Crippen LogP contribution is 2.22. The number of benzene rings is 2. The summed E-state index contributed by atoms with van der Waals surface area (Å²) in [5.41, 5.74) is 2.43. The van der Waals surface area contributed by atoms with Crippen molar-refractivity contribution in [3.05, 3.63) is 59.7 Å². The van der Waals surface area contributed by atoms with Crippen LogP contribution in [-0.2, 0) is 6.61 Å². The van der Waals surface area contributed by atoms with Gasteiger partial charge in [-0.1, -0.05) is 42.0 Å². The van der Waals surface area contributed by atoms with Gasteiger partial charge in [-0.05, 0) is 24.6 Å². The van der Waals surface area contributed by atoms with E-state index in [9.17, 15) is 0 Å². The van der Waals surface area contributed by atoms with E-state index in [1.54, 1.807) is 0 Å². The van der Waals surface area contributed by atoms with Gasteiger partial charge in [-0.25, -0.2) is 0 Å². The minimum atomic E-state index is 0.583. The van der Waals surface area contributed by atoms with Crippen molar-refractivity contribution < 1.29 is 4.74 Å². The quantitative estimate of drug-likeness (QED) is 0.788. The zero-order chi connectivity index (χ0) is 11.4. The van der Waals surface area contributed by atoms with E-state index in [4.69, 9.17) is 4.74 Å². The first-order valence-electron chi connectivity index (χ1n) is 5.22. The molecule has 0 fully saturated rings. The lowest BCUT2D eigenvalue weighted by molar-refractivity contribution is 0.299. The second-order valence-corrected chi connectivity index (χ2v) is 4.23. The molecule has 0 unspecified atom stereocenters. The fourth-order valence-corrected chi connectivity index (χ4v) is 1.77. The summed E-state index contributed by atoms with van der Waals surface area (Å²) in [5, 5.41) is 0. The maximum absolute atomic E-state index is 5.70. The van der Waals surface area contributed by atoms with Crippen LogP contribution >= 0.6 is 12.6 Å². The summed E-state index contributed by atoms with van der Waals surface area (Å²) in [4.78, 5) is 0.871. The number of para-hydroxylation sites is 1. The molecule has 1 nitrogen and oxygen atoms in total. The van der Waals surface area contributed by atoms with Gasteiger partial charge in [-0.2, -0.15) is 0 Å². The molecule has 0 heterocycles. The van der Waals surface area contributed by atoms with E-state index in [0.717, 1.165) is 10.6 Å². The number of rotatable bonds is 3. The lowest BCUT2D eigenvalue weighted by Crippen LogP contribution is -1.96. The molecule has 0 aromatic heterocycles. The van der Waals surface area contributed by atoms with Gasteiger partial charge in [-0.15, -0.1) is 12.6 Å². The van der Waals surface area contributed by atoms with Crippen LogP contribution in [0.2, 0.25) is 0 Å². The van der Waals surface area contributed by atoms with Crippen LogP contribution in [0.15, 0.2) is 53.4 Å². The highest BCUT2D eigenvalue weighted by atomic mass is 32.1. The van der Waals surface area contributed by atoms with Gasteiger partial charge in [0.25, 0.3) is 0 Å². The lowest BCUT2D eigenvalue weighted by atomic mass is 10.1. The summed E-state index contributed by atoms with van der Waals surface area (Å²) < 4.78 is 5.70. The van der Waals surface area contributed by atoms with Crippen molar-refractivity contribution in [1.82, 2.24) is 0 Å². The van der Waals surface area contributed by atoms with E-state index in [1.807, 2.05) is 30.3 Å². The molecule has 0 atom stereocenters. The van der Waals surface area contributed by atoms with Gasteiger partial charge in [0.2, 0.25) is 0 Å². The Morgan fingerprint density at radius 3 is 2.62 bits per heavy atom. The molecule has 0 amide bonds. The SMILES string of the molecule is Cc1cccc(COc2ccccc2S)c1. The molecule has 2 heteroatoms. The van der Waals surface area contributed by atoms with E-state index >= 15 is 0 Å². The fourth-order valence-electron chi connectivity index (χ4n) is 1.54. The van der Waals surface area contributed by atoms with E-state index in [-0.39, 0.29) is 0 Å². The van der Waals surface area contributed by atoms with Crippen LogP contribution in [0.3, 0.4) is 0 Å². The van der Waals surface area contributed by atoms with Crippen molar-refractivity contribution in [1.29, 1.82) is 0 Å². The highest BCUT2D eigenvalue weighted by Gasteiger charge is 1.99. The predicted molar refractivity (Wildman–Crippen MR) is 69.2 cm³/mol. The standard InChI is InChI=1S/C14H14OS/c1-11-5-4-6-12(9-11)10-15-13-7-2-3-8-14(13)16/h2-9,16H,10H2,1H3. The van der Waals surface area contributed by atoms with Gasteiger partial charge >= 0.3 is 0 Å². The molecule has 0 aliphatic heterocycles. The average molecular weight is 230 g/mol. The number of hydrogen-bond donors (Lipinski definition) is 1. The molecular formula is C14H14OS. The molecule has 0 spiro atoms. The fraction of sp³-hybridized carbons (Fsp3) is 0.143. The Morgan fingerprint density at radius 1 is 1.06 bits per heavy atom. The van der Waals surface area contributed by atoms with Crippen LogP contribution in [0.25, 0.3) is 0 Å². The van der Waals surface area contributed by atoms with E-state index < -0.39 is 0 Å². The summed E-state index contributed by atoms with van der Waals surface area (Å²) >= 11 is 4.34. The molecule has 0 bridgehead atoms. The van der Waals surface area contributed by atoms with Crippen molar-refractivity contribution in [3.63, 3.8) is 0 Å². The summed E-state index contributed by atoms with van der Waals surface area (Å²) in [6.07, 6.45) is 0. The van der Waals surface area contributed by atoms with Crippen molar-refractivity contribution in [2.75, 3.05) is 0 Å². The summed E-state index contributed by atoms with van der Waals surface area (Å²) in [6.45, 7) is 2.66. The summed E-state index contributed by atoms with van der Waals surface area (Å²) in [6, 6.07) is 16.1. The normalized spacial score (nSPS) is 10.1. The van der Waals surface area contributed by atoms with Gasteiger partial charge in [0.05, 0.1) is 0 Å². The molecule has 2 aromatic rings. The molecule has 0 radical (unpaired) electrons. The van der Waals surface area contributed by atoms with Crippen molar-refractivity contribution in [2.45, 2.75) is 18.4 Å². The summed E-state index contributed by atoms with van der Waals surface area (Å²) in [5.74, 6) is 0.826. The molecule has 0 aliphatic carbocycles. The van der Waals surface area contributed by atoms with Gasteiger partial charge in [-0.3, -0.25) is 0 Å². The second-order valence-electron chi connectivity index (χ2n) is 3.75. The molecule has 0 N–H and O–H groups in total. The third-order valence-corrected chi connectivity index (χ3v) is 2.71. The average Bonchev–Trinajstić information content (AvgIpc) is 2.28. The number of aryl methyl sites for hydroxylation is 1.